The van der Waals surface area contributed by atoms with Crippen LogP contribution in [0.4, 0.5) is 5.13 Å². The third kappa shape index (κ3) is 4.03. The van der Waals surface area contributed by atoms with Crippen molar-refractivity contribution < 1.29 is 14.3 Å². The van der Waals surface area contributed by atoms with Crippen LogP contribution in [0.25, 0.3) is 0 Å². The minimum absolute atomic E-state index is 0.0715. The zero-order valence-electron chi connectivity index (χ0n) is 11.5. The second kappa shape index (κ2) is 6.69. The number of para-hydroxylation sites is 1. The smallest absolute Gasteiger partial charge is 0.264 e. The van der Waals surface area contributed by atoms with E-state index in [0.717, 1.165) is 11.3 Å². The summed E-state index contributed by atoms with van der Waals surface area (Å²) in [5.41, 5.74) is 0.606. The van der Waals surface area contributed by atoms with Crippen LogP contribution in [0, 0.1) is 6.92 Å². The van der Waals surface area contributed by atoms with Crippen LogP contribution in [0.5, 0.6) is 5.75 Å². The second-order valence-corrected chi connectivity index (χ2v) is 5.66. The van der Waals surface area contributed by atoms with Gasteiger partial charge in [-0.1, -0.05) is 35.1 Å². The van der Waals surface area contributed by atoms with Gasteiger partial charge in [0.05, 0.1) is 15.6 Å². The number of aromatic nitrogens is 1. The fourth-order valence-corrected chi connectivity index (χ4v) is 2.71. The second-order valence-electron chi connectivity index (χ2n) is 4.26. The molecule has 1 aromatic heterocycles. The lowest BCUT2D eigenvalue weighted by Gasteiger charge is -2.06. The number of aryl methyl sites for hydroxylation is 1. The van der Waals surface area contributed by atoms with Gasteiger partial charge in [-0.2, -0.15) is 0 Å². The van der Waals surface area contributed by atoms with E-state index in [1.54, 1.807) is 31.2 Å². The molecule has 1 heterocycles. The summed E-state index contributed by atoms with van der Waals surface area (Å²) in [6.45, 7) is 3.01. The molecule has 0 spiro atoms. The number of ketones is 1. The molecule has 1 N–H and O–H groups in total. The van der Waals surface area contributed by atoms with Gasteiger partial charge in [0.2, 0.25) is 0 Å². The molecule has 2 aromatic rings. The average molecular weight is 325 g/mol. The predicted octanol–water partition coefficient (Wildman–Crippen LogP) is 3.33. The normalized spacial score (nSPS) is 10.2. The first-order valence-electron chi connectivity index (χ1n) is 6.13. The number of Topliss-reactive ketones (excluding diaryl/α,β-unsaturated/α-hetero) is 1. The first kappa shape index (κ1) is 15.5. The van der Waals surface area contributed by atoms with Crippen LogP contribution in [0.1, 0.15) is 22.3 Å². The number of anilines is 1. The number of hydrogen-bond donors (Lipinski definition) is 1. The molecule has 0 fully saturated rings. The highest BCUT2D eigenvalue weighted by Crippen LogP contribution is 2.24. The Morgan fingerprint density at radius 2 is 2.10 bits per heavy atom. The summed E-state index contributed by atoms with van der Waals surface area (Å²) in [6.07, 6.45) is 0. The van der Waals surface area contributed by atoms with E-state index in [2.05, 4.69) is 10.3 Å². The molecule has 0 aliphatic rings. The Kier molecular flexibility index (Phi) is 4.93. The number of benzene rings is 1. The molecule has 0 aliphatic heterocycles. The van der Waals surface area contributed by atoms with Gasteiger partial charge in [0.1, 0.15) is 5.75 Å². The maximum absolute atomic E-state index is 11.8. The first-order chi connectivity index (χ1) is 9.97. The van der Waals surface area contributed by atoms with Gasteiger partial charge in [-0.15, -0.1) is 0 Å². The van der Waals surface area contributed by atoms with Crippen molar-refractivity contribution in [2.45, 2.75) is 13.8 Å². The lowest BCUT2D eigenvalue weighted by atomic mass is 10.3. The van der Waals surface area contributed by atoms with Gasteiger partial charge < -0.3 is 4.74 Å². The lowest BCUT2D eigenvalue weighted by molar-refractivity contribution is -0.118. The Bertz CT molecular complexity index is 685. The van der Waals surface area contributed by atoms with Crippen molar-refractivity contribution >= 4 is 39.8 Å². The number of nitrogens with one attached hydrogen (secondary N) is 1. The maximum Gasteiger partial charge on any atom is 0.264 e. The molecular weight excluding hydrogens is 312 g/mol. The van der Waals surface area contributed by atoms with E-state index in [4.69, 9.17) is 16.3 Å². The number of nitrogens with zero attached hydrogens (tertiary/aromatic N) is 1. The maximum atomic E-state index is 11.8. The zero-order chi connectivity index (χ0) is 15.4. The number of hydrogen-bond acceptors (Lipinski definition) is 5. The van der Waals surface area contributed by atoms with Gasteiger partial charge >= 0.3 is 0 Å². The third-order valence-corrected chi connectivity index (χ3v) is 4.04. The highest BCUT2D eigenvalue weighted by molar-refractivity contribution is 7.17. The minimum Gasteiger partial charge on any atom is -0.482 e. The highest BCUT2D eigenvalue weighted by Gasteiger charge is 2.13. The summed E-state index contributed by atoms with van der Waals surface area (Å²) in [7, 11) is 0. The summed E-state index contributed by atoms with van der Waals surface area (Å²) in [5, 5.41) is 3.42. The van der Waals surface area contributed by atoms with E-state index >= 15 is 0 Å². The molecule has 0 saturated heterocycles. The van der Waals surface area contributed by atoms with Gasteiger partial charge in [-0.3, -0.25) is 14.9 Å². The van der Waals surface area contributed by atoms with Gasteiger partial charge in [-0.05, 0) is 19.1 Å². The van der Waals surface area contributed by atoms with E-state index in [1.165, 1.54) is 6.92 Å². The molecule has 5 nitrogen and oxygen atoms in total. The van der Waals surface area contributed by atoms with E-state index in [9.17, 15) is 9.59 Å². The van der Waals surface area contributed by atoms with Crippen LogP contribution >= 0.6 is 22.9 Å². The average Bonchev–Trinajstić information content (AvgIpc) is 2.79. The molecule has 110 valence electrons. The number of rotatable bonds is 5. The van der Waals surface area contributed by atoms with E-state index in [1.807, 2.05) is 0 Å². The Morgan fingerprint density at radius 3 is 2.71 bits per heavy atom. The van der Waals surface area contributed by atoms with Crippen LogP contribution in [-0.4, -0.2) is 23.3 Å². The number of ether oxygens (including phenoxy) is 1. The van der Waals surface area contributed by atoms with E-state index in [0.29, 0.717) is 26.5 Å². The summed E-state index contributed by atoms with van der Waals surface area (Å²) >= 11 is 7.07. The zero-order valence-corrected chi connectivity index (χ0v) is 13.0. The van der Waals surface area contributed by atoms with Crippen LogP contribution in [0.2, 0.25) is 5.02 Å². The molecule has 21 heavy (non-hydrogen) atoms. The van der Waals surface area contributed by atoms with Gasteiger partial charge in [0, 0.05) is 6.92 Å². The molecule has 0 atom stereocenters. The SMILES string of the molecule is CC(=O)c1sc(NC(=O)COc2ccccc2Cl)nc1C. The Morgan fingerprint density at radius 1 is 1.38 bits per heavy atom. The Labute approximate surface area is 130 Å². The molecular formula is C14H13ClN2O3S. The minimum atomic E-state index is -0.362. The topological polar surface area (TPSA) is 68.3 Å². The lowest BCUT2D eigenvalue weighted by Crippen LogP contribution is -2.20. The van der Waals surface area contributed by atoms with Crippen molar-refractivity contribution in [1.29, 1.82) is 0 Å². The van der Waals surface area contributed by atoms with Crippen molar-refractivity contribution in [3.8, 4) is 5.75 Å². The Hall–Kier alpha value is -1.92. The molecule has 1 amide bonds. The summed E-state index contributed by atoms with van der Waals surface area (Å²) < 4.78 is 5.32. The summed E-state index contributed by atoms with van der Waals surface area (Å²) in [4.78, 5) is 27.8. The fraction of sp³-hybridized carbons (Fsp3) is 0.214. The van der Waals surface area contributed by atoms with Crippen molar-refractivity contribution in [3.63, 3.8) is 0 Å². The van der Waals surface area contributed by atoms with Crippen LogP contribution < -0.4 is 10.1 Å². The van der Waals surface area contributed by atoms with Crippen LogP contribution in [0.3, 0.4) is 0 Å². The van der Waals surface area contributed by atoms with Gasteiger partial charge in [0.25, 0.3) is 5.91 Å². The molecule has 0 aliphatic carbocycles. The molecule has 2 rings (SSSR count). The molecule has 0 radical (unpaired) electrons. The monoisotopic (exact) mass is 324 g/mol. The third-order valence-electron chi connectivity index (χ3n) is 2.56. The first-order valence-corrected chi connectivity index (χ1v) is 7.32. The number of carbonyl (C=O) groups is 2. The quantitative estimate of drug-likeness (QED) is 0.857. The van der Waals surface area contributed by atoms with E-state index in [-0.39, 0.29) is 18.3 Å². The van der Waals surface area contributed by atoms with Crippen LogP contribution in [-0.2, 0) is 4.79 Å². The number of amides is 1. The van der Waals surface area contributed by atoms with Crippen molar-refractivity contribution in [3.05, 3.63) is 39.9 Å². The predicted molar refractivity (Wildman–Crippen MR) is 82.4 cm³/mol. The fourth-order valence-electron chi connectivity index (χ4n) is 1.64. The highest BCUT2D eigenvalue weighted by atomic mass is 35.5. The summed E-state index contributed by atoms with van der Waals surface area (Å²) in [6, 6.07) is 6.90. The number of thiazole rings is 1. The molecule has 0 unspecified atom stereocenters. The largest absolute Gasteiger partial charge is 0.482 e. The Balaban J connectivity index is 1.95. The molecule has 0 saturated carbocycles. The van der Waals surface area contributed by atoms with Crippen molar-refractivity contribution in [2.75, 3.05) is 11.9 Å². The van der Waals surface area contributed by atoms with Gasteiger partial charge in [0.15, 0.2) is 17.5 Å². The van der Waals surface area contributed by atoms with Crippen LogP contribution in [0.15, 0.2) is 24.3 Å². The van der Waals surface area contributed by atoms with Crippen molar-refractivity contribution in [2.24, 2.45) is 0 Å². The molecule has 7 heteroatoms. The molecule has 1 aromatic carbocycles. The standard InChI is InChI=1S/C14H13ClN2O3S/c1-8-13(9(2)18)21-14(16-8)17-12(19)7-20-11-6-4-3-5-10(11)15/h3-6H,7H2,1-2H3,(H,16,17,19). The number of halogens is 1. The summed E-state index contributed by atoms with van der Waals surface area (Å²) in [5.74, 6) is 0.00523. The van der Waals surface area contributed by atoms with E-state index < -0.39 is 0 Å². The molecule has 0 bridgehead atoms. The van der Waals surface area contributed by atoms with Gasteiger partial charge in [-0.25, -0.2) is 4.98 Å². The number of carbonyl (C=O) groups excluding carboxylic acids is 2. The van der Waals surface area contributed by atoms with Crippen molar-refractivity contribution in [1.82, 2.24) is 4.98 Å².